The molecule has 1 aromatic carbocycles. The molecular formula is C11H12N2O3. The van der Waals surface area contributed by atoms with E-state index in [-0.39, 0.29) is 12.4 Å². The Kier molecular flexibility index (Phi) is 3.16. The maximum Gasteiger partial charge on any atom is 0.228 e. The van der Waals surface area contributed by atoms with Crippen LogP contribution >= 0.6 is 0 Å². The molecule has 0 saturated carbocycles. The van der Waals surface area contributed by atoms with E-state index in [1.54, 1.807) is 18.2 Å². The monoisotopic (exact) mass is 220 g/mol. The highest BCUT2D eigenvalue weighted by Crippen LogP contribution is 2.13. The minimum atomic E-state index is -0.00619. The Bertz CT molecular complexity index is 468. The minimum Gasteiger partial charge on any atom is -0.508 e. The summed E-state index contributed by atoms with van der Waals surface area (Å²) in [6, 6.07) is 6.90. The van der Waals surface area contributed by atoms with Crippen molar-refractivity contribution in [3.05, 3.63) is 41.5 Å². The van der Waals surface area contributed by atoms with Gasteiger partial charge in [0.2, 0.25) is 5.89 Å². The summed E-state index contributed by atoms with van der Waals surface area (Å²) in [5.74, 6) is 1.20. The van der Waals surface area contributed by atoms with Gasteiger partial charge in [0.25, 0.3) is 0 Å². The minimum absolute atomic E-state index is 0.00619. The van der Waals surface area contributed by atoms with Gasteiger partial charge in [0.1, 0.15) is 5.75 Å². The van der Waals surface area contributed by atoms with E-state index in [1.165, 1.54) is 0 Å². The molecule has 84 valence electrons. The third-order valence-corrected chi connectivity index (χ3v) is 2.11. The SMILES string of the molecule is OCCc1nc(Cc2cccc(O)c2)no1. The number of benzene rings is 1. The maximum atomic E-state index is 9.28. The van der Waals surface area contributed by atoms with Crippen LogP contribution in [0.25, 0.3) is 0 Å². The summed E-state index contributed by atoms with van der Waals surface area (Å²) in [5, 5.41) is 21.8. The largest absolute Gasteiger partial charge is 0.508 e. The molecule has 0 spiro atoms. The van der Waals surface area contributed by atoms with Gasteiger partial charge in [-0.15, -0.1) is 0 Å². The number of hydrogen-bond acceptors (Lipinski definition) is 5. The van der Waals surface area contributed by atoms with Gasteiger partial charge >= 0.3 is 0 Å². The van der Waals surface area contributed by atoms with Gasteiger partial charge in [-0.1, -0.05) is 17.3 Å². The molecule has 0 fully saturated rings. The second-order valence-electron chi connectivity index (χ2n) is 3.42. The average molecular weight is 220 g/mol. The molecule has 1 aromatic heterocycles. The summed E-state index contributed by atoms with van der Waals surface area (Å²) in [5.41, 5.74) is 0.913. The van der Waals surface area contributed by atoms with Gasteiger partial charge in [0.05, 0.1) is 13.0 Å². The second-order valence-corrected chi connectivity index (χ2v) is 3.42. The van der Waals surface area contributed by atoms with Crippen molar-refractivity contribution >= 4 is 0 Å². The lowest BCUT2D eigenvalue weighted by atomic mass is 10.1. The highest BCUT2D eigenvalue weighted by atomic mass is 16.5. The molecular weight excluding hydrogens is 208 g/mol. The van der Waals surface area contributed by atoms with Gasteiger partial charge in [0.15, 0.2) is 5.82 Å². The van der Waals surface area contributed by atoms with E-state index in [9.17, 15) is 5.11 Å². The maximum absolute atomic E-state index is 9.28. The van der Waals surface area contributed by atoms with Crippen molar-refractivity contribution in [1.82, 2.24) is 10.1 Å². The predicted octanol–water partition coefficient (Wildman–Crippen LogP) is 0.901. The molecule has 1 heterocycles. The zero-order valence-corrected chi connectivity index (χ0v) is 8.63. The molecule has 16 heavy (non-hydrogen) atoms. The van der Waals surface area contributed by atoms with E-state index >= 15 is 0 Å². The molecule has 0 aliphatic carbocycles. The number of aromatic nitrogens is 2. The number of aliphatic hydroxyl groups excluding tert-OH is 1. The zero-order valence-electron chi connectivity index (χ0n) is 8.63. The fraction of sp³-hybridized carbons (Fsp3) is 0.273. The lowest BCUT2D eigenvalue weighted by Crippen LogP contribution is -1.93. The summed E-state index contributed by atoms with van der Waals surface area (Å²) >= 11 is 0. The molecule has 0 unspecified atom stereocenters. The Labute approximate surface area is 92.4 Å². The van der Waals surface area contributed by atoms with Crippen molar-refractivity contribution in [3.63, 3.8) is 0 Å². The van der Waals surface area contributed by atoms with E-state index in [1.807, 2.05) is 6.07 Å². The number of nitrogens with zero attached hydrogens (tertiary/aromatic N) is 2. The first-order valence-corrected chi connectivity index (χ1v) is 4.98. The Balaban J connectivity index is 2.08. The van der Waals surface area contributed by atoms with Gasteiger partial charge in [-0.3, -0.25) is 0 Å². The Morgan fingerprint density at radius 2 is 2.19 bits per heavy atom. The van der Waals surface area contributed by atoms with Crippen LogP contribution < -0.4 is 0 Å². The Morgan fingerprint density at radius 1 is 1.31 bits per heavy atom. The molecule has 2 aromatic rings. The van der Waals surface area contributed by atoms with Gasteiger partial charge in [-0.2, -0.15) is 4.98 Å². The van der Waals surface area contributed by atoms with E-state index in [2.05, 4.69) is 10.1 Å². The number of phenolic OH excluding ortho intramolecular Hbond substituents is 1. The first-order valence-electron chi connectivity index (χ1n) is 4.98. The van der Waals surface area contributed by atoms with Crippen molar-refractivity contribution in [1.29, 1.82) is 0 Å². The summed E-state index contributed by atoms with van der Waals surface area (Å²) in [6.07, 6.45) is 0.871. The van der Waals surface area contributed by atoms with Crippen molar-refractivity contribution in [2.75, 3.05) is 6.61 Å². The summed E-state index contributed by atoms with van der Waals surface area (Å²) in [7, 11) is 0. The molecule has 0 aliphatic rings. The van der Waals surface area contributed by atoms with Crippen molar-refractivity contribution < 1.29 is 14.7 Å². The fourth-order valence-electron chi connectivity index (χ4n) is 1.41. The number of phenols is 1. The molecule has 0 bridgehead atoms. The number of aliphatic hydroxyl groups is 1. The molecule has 0 saturated heterocycles. The molecule has 2 N–H and O–H groups in total. The predicted molar refractivity (Wildman–Crippen MR) is 56.0 cm³/mol. The van der Waals surface area contributed by atoms with Crippen LogP contribution in [0, 0.1) is 0 Å². The summed E-state index contributed by atoms with van der Waals surface area (Å²) in [6.45, 7) is -0.00619. The van der Waals surface area contributed by atoms with E-state index in [0.717, 1.165) is 5.56 Å². The molecule has 2 rings (SSSR count). The first-order chi connectivity index (χ1) is 7.78. The van der Waals surface area contributed by atoms with Crippen molar-refractivity contribution in [3.8, 4) is 5.75 Å². The van der Waals surface area contributed by atoms with Crippen molar-refractivity contribution in [2.45, 2.75) is 12.8 Å². The number of rotatable bonds is 4. The molecule has 0 atom stereocenters. The second kappa shape index (κ2) is 4.76. The van der Waals surface area contributed by atoms with Crippen LogP contribution in [-0.2, 0) is 12.8 Å². The Hall–Kier alpha value is -1.88. The third-order valence-electron chi connectivity index (χ3n) is 2.11. The lowest BCUT2D eigenvalue weighted by Gasteiger charge is -1.96. The van der Waals surface area contributed by atoms with Gasteiger partial charge < -0.3 is 14.7 Å². The van der Waals surface area contributed by atoms with Crippen LogP contribution in [0.15, 0.2) is 28.8 Å². The molecule has 0 radical (unpaired) electrons. The van der Waals surface area contributed by atoms with E-state index in [0.29, 0.717) is 24.6 Å². The highest BCUT2D eigenvalue weighted by molar-refractivity contribution is 5.28. The van der Waals surface area contributed by atoms with Crippen LogP contribution in [0.2, 0.25) is 0 Å². The van der Waals surface area contributed by atoms with Gasteiger partial charge in [-0.05, 0) is 17.7 Å². The smallest absolute Gasteiger partial charge is 0.228 e. The van der Waals surface area contributed by atoms with Crippen LogP contribution in [-0.4, -0.2) is 27.0 Å². The van der Waals surface area contributed by atoms with Gasteiger partial charge in [-0.25, -0.2) is 0 Å². The van der Waals surface area contributed by atoms with Crippen LogP contribution in [0.4, 0.5) is 0 Å². The summed E-state index contributed by atoms with van der Waals surface area (Å²) in [4.78, 5) is 4.11. The first kappa shape index (κ1) is 10.6. The average Bonchev–Trinajstić information content (AvgIpc) is 2.66. The topological polar surface area (TPSA) is 79.4 Å². The van der Waals surface area contributed by atoms with Crippen molar-refractivity contribution in [2.24, 2.45) is 0 Å². The highest BCUT2D eigenvalue weighted by Gasteiger charge is 2.06. The lowest BCUT2D eigenvalue weighted by molar-refractivity contribution is 0.274. The summed E-state index contributed by atoms with van der Waals surface area (Å²) < 4.78 is 4.92. The van der Waals surface area contributed by atoms with E-state index < -0.39 is 0 Å². The number of aromatic hydroxyl groups is 1. The molecule has 5 heteroatoms. The quantitative estimate of drug-likeness (QED) is 0.800. The number of hydrogen-bond donors (Lipinski definition) is 2. The van der Waals surface area contributed by atoms with Gasteiger partial charge in [0, 0.05) is 6.42 Å². The normalized spacial score (nSPS) is 10.6. The van der Waals surface area contributed by atoms with E-state index in [4.69, 9.17) is 9.63 Å². The zero-order chi connectivity index (χ0) is 11.4. The standard InChI is InChI=1S/C11H12N2O3/c14-5-4-11-12-10(13-16-11)7-8-2-1-3-9(15)6-8/h1-3,6,14-15H,4-5,7H2. The van der Waals surface area contributed by atoms with Crippen LogP contribution in [0.5, 0.6) is 5.75 Å². The Morgan fingerprint density at radius 3 is 2.94 bits per heavy atom. The van der Waals surface area contributed by atoms with Crippen LogP contribution in [0.1, 0.15) is 17.3 Å². The fourth-order valence-corrected chi connectivity index (χ4v) is 1.41. The molecule has 0 aliphatic heterocycles. The molecule has 0 amide bonds. The third kappa shape index (κ3) is 2.58. The molecule has 5 nitrogen and oxygen atoms in total. The van der Waals surface area contributed by atoms with Crippen LogP contribution in [0.3, 0.4) is 0 Å².